The summed E-state index contributed by atoms with van der Waals surface area (Å²) in [5.41, 5.74) is 0. The van der Waals surface area contributed by atoms with Crippen LogP contribution in [0.25, 0.3) is 0 Å². The molecule has 0 aromatic rings. The van der Waals surface area contributed by atoms with Crippen LogP contribution in [0.1, 0.15) is 43.6 Å². The summed E-state index contributed by atoms with van der Waals surface area (Å²) in [5, 5.41) is 0. The van der Waals surface area contributed by atoms with E-state index >= 15 is 0 Å². The van der Waals surface area contributed by atoms with Crippen LogP contribution in [0.3, 0.4) is 0 Å². The highest BCUT2D eigenvalue weighted by atomic mass is 32.2. The van der Waals surface area contributed by atoms with Gasteiger partial charge in [-0.3, -0.25) is 13.8 Å². The van der Waals surface area contributed by atoms with Crippen LogP contribution in [0, 0.1) is 0 Å². The summed E-state index contributed by atoms with van der Waals surface area (Å²) in [6.45, 7) is 3.24. The van der Waals surface area contributed by atoms with Crippen molar-refractivity contribution in [1.82, 2.24) is 0 Å². The molecule has 0 bridgehead atoms. The Hall–Kier alpha value is -0.920. The lowest BCUT2D eigenvalue weighted by Gasteiger charge is -2.26. The van der Waals surface area contributed by atoms with Crippen molar-refractivity contribution in [2.45, 2.75) is 43.6 Å². The normalized spacial score (nSPS) is 9.15. The van der Waals surface area contributed by atoms with Gasteiger partial charge in [0.25, 0.3) is 0 Å². The third kappa shape index (κ3) is 22.3. The molecule has 6 nitrogen and oxygen atoms in total. The van der Waals surface area contributed by atoms with Gasteiger partial charge in [-0.05, 0) is 0 Å². The molecule has 128 valence electrons. The van der Waals surface area contributed by atoms with E-state index in [1.165, 1.54) is 20.2 Å². The third-order valence-corrected chi connectivity index (χ3v) is 2.42. The van der Waals surface area contributed by atoms with Gasteiger partial charge in [0.05, 0.1) is 20.5 Å². The highest BCUT2D eigenvalue weighted by Gasteiger charge is 2.24. The molecule has 0 amide bonds. The average molecular weight is 318 g/mol. The van der Waals surface area contributed by atoms with E-state index in [2.05, 4.69) is 6.58 Å². The molecule has 0 rings (SSSR count). The van der Waals surface area contributed by atoms with Crippen LogP contribution < -0.4 is 0 Å². The SMILES string of the molecule is C.C.C.C.C.C=CCC(=O)OC[N+](C)(C)CS(=O)(=O)O. The number of esters is 1. The Kier molecular flexibility index (Phi) is 26.4. The summed E-state index contributed by atoms with van der Waals surface area (Å²) in [7, 11) is -1.04. The zero-order chi connectivity index (χ0) is 12.1. The number of carbonyl (C=O) groups is 1. The van der Waals surface area contributed by atoms with Gasteiger partial charge in [0, 0.05) is 0 Å². The first-order chi connectivity index (χ1) is 6.66. The smallest absolute Gasteiger partial charge is 0.316 e. The molecular weight excluding hydrogens is 282 g/mol. The van der Waals surface area contributed by atoms with Gasteiger partial charge >= 0.3 is 16.1 Å². The molecule has 0 heterocycles. The topological polar surface area (TPSA) is 80.7 Å². The van der Waals surface area contributed by atoms with Gasteiger partial charge in [0.2, 0.25) is 12.6 Å². The predicted octanol–water partition coefficient (Wildman–Crippen LogP) is 3.17. The van der Waals surface area contributed by atoms with Crippen molar-refractivity contribution in [2.75, 3.05) is 26.7 Å². The Morgan fingerprint density at radius 1 is 1.20 bits per heavy atom. The van der Waals surface area contributed by atoms with Gasteiger partial charge in [-0.15, -0.1) is 6.58 Å². The van der Waals surface area contributed by atoms with E-state index in [1.54, 1.807) is 0 Å². The van der Waals surface area contributed by atoms with Crippen LogP contribution in [0.2, 0.25) is 0 Å². The first-order valence-corrected chi connectivity index (χ1v) is 5.81. The van der Waals surface area contributed by atoms with Crippen LogP contribution in [-0.4, -0.2) is 50.1 Å². The highest BCUT2D eigenvalue weighted by Crippen LogP contribution is 2.02. The van der Waals surface area contributed by atoms with E-state index in [9.17, 15) is 13.2 Å². The lowest BCUT2D eigenvalue weighted by atomic mass is 10.4. The molecule has 0 atom stereocenters. The number of hydrogen-bond acceptors (Lipinski definition) is 4. The second-order valence-corrected chi connectivity index (χ2v) is 5.21. The maximum absolute atomic E-state index is 10.9. The van der Waals surface area contributed by atoms with Crippen molar-refractivity contribution in [3.8, 4) is 0 Å². The summed E-state index contributed by atoms with van der Waals surface area (Å²) in [6.07, 6.45) is 1.47. The quantitative estimate of drug-likeness (QED) is 0.267. The maximum atomic E-state index is 10.9. The molecule has 20 heavy (non-hydrogen) atoms. The monoisotopic (exact) mass is 318 g/mol. The summed E-state index contributed by atoms with van der Waals surface area (Å²) >= 11 is 0. The lowest BCUT2D eigenvalue weighted by molar-refractivity contribution is -0.896. The van der Waals surface area contributed by atoms with Crippen LogP contribution in [0.4, 0.5) is 0 Å². The number of rotatable bonds is 6. The van der Waals surface area contributed by atoms with E-state index in [0.717, 1.165) is 0 Å². The van der Waals surface area contributed by atoms with Crippen LogP contribution in [0.5, 0.6) is 0 Å². The highest BCUT2D eigenvalue weighted by molar-refractivity contribution is 7.85. The molecular formula is C13H36NO5S+. The van der Waals surface area contributed by atoms with Crippen molar-refractivity contribution >= 4 is 16.1 Å². The van der Waals surface area contributed by atoms with Gasteiger partial charge < -0.3 is 4.74 Å². The lowest BCUT2D eigenvalue weighted by Crippen LogP contribution is -2.45. The average Bonchev–Trinajstić information content (AvgIpc) is 1.97. The van der Waals surface area contributed by atoms with Crippen molar-refractivity contribution in [3.63, 3.8) is 0 Å². The number of carbonyl (C=O) groups excluding carboxylic acids is 1. The van der Waals surface area contributed by atoms with Gasteiger partial charge in [0.1, 0.15) is 0 Å². The van der Waals surface area contributed by atoms with Gasteiger partial charge in [-0.25, -0.2) is 0 Å². The molecule has 0 spiro atoms. The van der Waals surface area contributed by atoms with Crippen LogP contribution in [0.15, 0.2) is 12.7 Å². The van der Waals surface area contributed by atoms with Gasteiger partial charge in [-0.1, -0.05) is 43.2 Å². The molecule has 0 unspecified atom stereocenters. The summed E-state index contributed by atoms with van der Waals surface area (Å²) < 4.78 is 34.5. The van der Waals surface area contributed by atoms with Crippen molar-refractivity contribution in [1.29, 1.82) is 0 Å². The van der Waals surface area contributed by atoms with Gasteiger partial charge in [0.15, 0.2) is 0 Å². The van der Waals surface area contributed by atoms with Crippen molar-refractivity contribution in [2.24, 2.45) is 0 Å². The molecule has 0 aliphatic heterocycles. The summed E-state index contributed by atoms with van der Waals surface area (Å²) in [4.78, 5) is 10.9. The third-order valence-electron chi connectivity index (χ3n) is 1.40. The maximum Gasteiger partial charge on any atom is 0.316 e. The molecule has 0 saturated heterocycles. The van der Waals surface area contributed by atoms with E-state index in [-0.39, 0.29) is 54.8 Å². The molecule has 7 heteroatoms. The molecule has 0 radical (unpaired) electrons. The Balaban J connectivity index is -0.0000000980. The standard InChI is InChI=1S/C8H15NO5S.5CH4/c1-4-5-8(10)14-6-9(2,3)7-15(11,12)13;;;;;/h4H,1,5-7H2,2-3H3;5*1H4/p+1. The Labute approximate surface area is 126 Å². The second-order valence-electron chi connectivity index (χ2n) is 3.78. The fourth-order valence-corrected chi connectivity index (χ4v) is 1.86. The molecule has 0 aromatic heterocycles. The Morgan fingerprint density at radius 3 is 1.90 bits per heavy atom. The Morgan fingerprint density at radius 2 is 1.60 bits per heavy atom. The van der Waals surface area contributed by atoms with Crippen LogP contribution >= 0.6 is 0 Å². The second kappa shape index (κ2) is 14.5. The van der Waals surface area contributed by atoms with Crippen LogP contribution in [-0.2, 0) is 19.6 Å². The summed E-state index contributed by atoms with van der Waals surface area (Å²) in [5.74, 6) is -0.986. The minimum atomic E-state index is -4.08. The van der Waals surface area contributed by atoms with Crippen molar-refractivity contribution in [3.05, 3.63) is 12.7 Å². The van der Waals surface area contributed by atoms with Gasteiger partial charge in [-0.2, -0.15) is 8.42 Å². The van der Waals surface area contributed by atoms with E-state index in [0.29, 0.717) is 0 Å². The number of nitrogens with zero attached hydrogens (tertiary/aromatic N) is 1. The predicted molar refractivity (Wildman–Crippen MR) is 88.0 cm³/mol. The first-order valence-electron chi connectivity index (χ1n) is 4.20. The minimum absolute atomic E-state index is 0. The molecule has 0 aliphatic carbocycles. The van der Waals surface area contributed by atoms with Crippen molar-refractivity contribution < 1.29 is 27.0 Å². The zero-order valence-electron chi connectivity index (χ0n) is 8.84. The fourth-order valence-electron chi connectivity index (χ4n) is 0.902. The van der Waals surface area contributed by atoms with E-state index in [4.69, 9.17) is 9.29 Å². The molecule has 0 fully saturated rings. The minimum Gasteiger partial charge on any atom is -0.415 e. The largest absolute Gasteiger partial charge is 0.415 e. The first kappa shape index (κ1) is 36.5. The summed E-state index contributed by atoms with van der Waals surface area (Å²) in [6, 6.07) is 0. The molecule has 0 aromatic carbocycles. The number of quaternary nitrogens is 1. The van der Waals surface area contributed by atoms with E-state index < -0.39 is 22.0 Å². The molecule has 0 saturated carbocycles. The van der Waals surface area contributed by atoms with E-state index in [1.807, 2.05) is 0 Å². The number of ether oxygens (including phenoxy) is 1. The molecule has 1 N–H and O–H groups in total. The Bertz CT molecular complexity index is 337. The number of hydrogen-bond donors (Lipinski definition) is 1. The molecule has 0 aliphatic rings. The zero-order valence-corrected chi connectivity index (χ0v) is 9.66. The fraction of sp³-hybridized carbons (Fsp3) is 0.769.